The summed E-state index contributed by atoms with van der Waals surface area (Å²) in [6, 6.07) is 7.81. The van der Waals surface area contributed by atoms with Gasteiger partial charge < -0.3 is 19.9 Å². The molecule has 6 nitrogen and oxygen atoms in total. The minimum Gasteiger partial charge on any atom is -0.496 e. The van der Waals surface area contributed by atoms with E-state index in [2.05, 4.69) is 5.32 Å². The van der Waals surface area contributed by atoms with Crippen LogP contribution in [0.4, 0.5) is 0 Å². The van der Waals surface area contributed by atoms with Gasteiger partial charge in [0.05, 0.1) is 13.2 Å². The highest BCUT2D eigenvalue weighted by molar-refractivity contribution is 5.79. The van der Waals surface area contributed by atoms with Crippen molar-refractivity contribution in [3.8, 4) is 5.75 Å². The Morgan fingerprint density at radius 2 is 1.96 bits per heavy atom. The van der Waals surface area contributed by atoms with Crippen molar-refractivity contribution in [3.63, 3.8) is 0 Å². The lowest BCUT2D eigenvalue weighted by atomic mass is 10.0. The van der Waals surface area contributed by atoms with Crippen LogP contribution in [0.25, 0.3) is 0 Å². The zero-order valence-corrected chi connectivity index (χ0v) is 16.2. The number of ether oxygens (including phenoxy) is 1. The third-order valence-electron chi connectivity index (χ3n) is 4.96. The monoisotopic (exact) mass is 361 g/mol. The molecule has 2 rings (SSSR count). The summed E-state index contributed by atoms with van der Waals surface area (Å²) >= 11 is 0. The Morgan fingerprint density at radius 3 is 2.65 bits per heavy atom. The van der Waals surface area contributed by atoms with Gasteiger partial charge in [0.2, 0.25) is 11.8 Å². The first-order chi connectivity index (χ1) is 12.6. The van der Waals surface area contributed by atoms with E-state index in [0.29, 0.717) is 32.4 Å². The summed E-state index contributed by atoms with van der Waals surface area (Å²) in [5.74, 6) is 1.04. The first-order valence-corrected chi connectivity index (χ1v) is 9.53. The molecule has 0 spiro atoms. The van der Waals surface area contributed by atoms with Gasteiger partial charge in [-0.15, -0.1) is 0 Å². The van der Waals surface area contributed by atoms with E-state index in [9.17, 15) is 9.59 Å². The lowest BCUT2D eigenvalue weighted by Gasteiger charge is -2.37. The molecule has 1 fully saturated rings. The Morgan fingerprint density at radius 1 is 1.23 bits per heavy atom. The number of nitrogens with one attached hydrogen (secondary N) is 1. The van der Waals surface area contributed by atoms with Gasteiger partial charge in [-0.1, -0.05) is 18.2 Å². The maximum atomic E-state index is 12.8. The third kappa shape index (κ3) is 4.97. The third-order valence-corrected chi connectivity index (χ3v) is 4.96. The van der Waals surface area contributed by atoms with Crippen LogP contribution in [0.1, 0.15) is 44.7 Å². The molecule has 1 aromatic rings. The Bertz CT molecular complexity index is 602. The molecule has 6 heteroatoms. The lowest BCUT2D eigenvalue weighted by molar-refractivity contribution is -0.135. The molecule has 1 saturated heterocycles. The molecule has 26 heavy (non-hydrogen) atoms. The fourth-order valence-corrected chi connectivity index (χ4v) is 3.49. The van der Waals surface area contributed by atoms with Crippen molar-refractivity contribution in [2.45, 2.75) is 39.2 Å². The number of nitrogens with zero attached hydrogens (tertiary/aromatic N) is 2. The van der Waals surface area contributed by atoms with E-state index in [1.165, 1.54) is 0 Å². The number of amides is 2. The average Bonchev–Trinajstić information content (AvgIpc) is 2.68. The minimum atomic E-state index is -0.0362. The van der Waals surface area contributed by atoms with Gasteiger partial charge in [0.1, 0.15) is 5.75 Å². The number of piperazine rings is 1. The normalized spacial score (nSPS) is 17.0. The Hall–Kier alpha value is -2.08. The maximum absolute atomic E-state index is 12.8. The first-order valence-electron chi connectivity index (χ1n) is 9.53. The largest absolute Gasteiger partial charge is 0.496 e. The van der Waals surface area contributed by atoms with Crippen molar-refractivity contribution in [1.82, 2.24) is 15.1 Å². The number of rotatable bonds is 8. The van der Waals surface area contributed by atoms with E-state index in [4.69, 9.17) is 4.74 Å². The second-order valence-electron chi connectivity index (χ2n) is 6.47. The number of benzene rings is 1. The molecular formula is C20H31N3O3. The molecule has 0 aromatic heterocycles. The van der Waals surface area contributed by atoms with Gasteiger partial charge in [0.25, 0.3) is 0 Å². The van der Waals surface area contributed by atoms with E-state index in [0.717, 1.165) is 30.9 Å². The zero-order chi connectivity index (χ0) is 18.9. The highest BCUT2D eigenvalue weighted by atomic mass is 16.5. The predicted molar refractivity (Wildman–Crippen MR) is 102 cm³/mol. The molecule has 0 bridgehead atoms. The topological polar surface area (TPSA) is 61.9 Å². The molecule has 0 saturated carbocycles. The summed E-state index contributed by atoms with van der Waals surface area (Å²) in [6.45, 7) is 7.57. The van der Waals surface area contributed by atoms with Crippen molar-refractivity contribution in [1.29, 1.82) is 0 Å². The van der Waals surface area contributed by atoms with Crippen molar-refractivity contribution in [2.24, 2.45) is 0 Å². The molecule has 1 aliphatic rings. The molecule has 0 aliphatic carbocycles. The van der Waals surface area contributed by atoms with Gasteiger partial charge in [-0.3, -0.25) is 9.59 Å². The summed E-state index contributed by atoms with van der Waals surface area (Å²) in [7, 11) is 1.65. The molecule has 1 aromatic carbocycles. The summed E-state index contributed by atoms with van der Waals surface area (Å²) < 4.78 is 5.47. The minimum absolute atomic E-state index is 0.0362. The SMILES string of the molecule is CCN(CC)C(=O)CCCC(=O)N1CCNCC1c1ccccc1OC. The quantitative estimate of drug-likeness (QED) is 0.771. The number of carbonyl (C=O) groups excluding carboxylic acids is 2. The molecule has 1 atom stereocenters. The van der Waals surface area contributed by atoms with Crippen molar-refractivity contribution in [3.05, 3.63) is 29.8 Å². The molecule has 0 radical (unpaired) electrons. The Kier molecular flexibility index (Phi) is 7.91. The van der Waals surface area contributed by atoms with Crippen LogP contribution in [-0.2, 0) is 9.59 Å². The second kappa shape index (κ2) is 10.2. The summed E-state index contributed by atoms with van der Waals surface area (Å²) in [5, 5.41) is 3.36. The predicted octanol–water partition coefficient (Wildman–Crippen LogP) is 2.21. The fraction of sp³-hybridized carbons (Fsp3) is 0.600. The summed E-state index contributed by atoms with van der Waals surface area (Å²) in [5.41, 5.74) is 1.02. The Balaban J connectivity index is 1.98. The molecule has 1 aliphatic heterocycles. The van der Waals surface area contributed by atoms with Gasteiger partial charge >= 0.3 is 0 Å². The number of methoxy groups -OCH3 is 1. The smallest absolute Gasteiger partial charge is 0.223 e. The molecular weight excluding hydrogens is 330 g/mol. The first kappa shape index (κ1) is 20.2. The van der Waals surface area contributed by atoms with E-state index >= 15 is 0 Å². The fourth-order valence-electron chi connectivity index (χ4n) is 3.49. The van der Waals surface area contributed by atoms with E-state index in [1.807, 2.05) is 47.9 Å². The van der Waals surface area contributed by atoms with Crippen LogP contribution in [-0.4, -0.2) is 61.4 Å². The van der Waals surface area contributed by atoms with Gasteiger partial charge in [-0.25, -0.2) is 0 Å². The molecule has 1 N–H and O–H groups in total. The van der Waals surface area contributed by atoms with Crippen LogP contribution in [0.2, 0.25) is 0 Å². The number of hydrogen-bond donors (Lipinski definition) is 1. The van der Waals surface area contributed by atoms with Crippen molar-refractivity contribution in [2.75, 3.05) is 39.8 Å². The van der Waals surface area contributed by atoms with Crippen molar-refractivity contribution < 1.29 is 14.3 Å². The molecule has 2 amide bonds. The molecule has 1 unspecified atom stereocenters. The zero-order valence-electron chi connectivity index (χ0n) is 16.2. The number of para-hydroxylation sites is 1. The highest BCUT2D eigenvalue weighted by Gasteiger charge is 2.29. The van der Waals surface area contributed by atoms with Gasteiger partial charge in [0.15, 0.2) is 0 Å². The summed E-state index contributed by atoms with van der Waals surface area (Å²) in [4.78, 5) is 28.7. The van der Waals surface area contributed by atoms with Crippen LogP contribution in [0, 0.1) is 0 Å². The molecule has 1 heterocycles. The Labute approximate surface area is 156 Å². The number of hydrogen-bond acceptors (Lipinski definition) is 4. The van der Waals surface area contributed by atoms with Crippen LogP contribution >= 0.6 is 0 Å². The highest BCUT2D eigenvalue weighted by Crippen LogP contribution is 2.30. The van der Waals surface area contributed by atoms with Gasteiger partial charge in [-0.05, 0) is 26.3 Å². The van der Waals surface area contributed by atoms with Crippen LogP contribution in [0.3, 0.4) is 0 Å². The van der Waals surface area contributed by atoms with Gasteiger partial charge in [0, 0.05) is 51.1 Å². The molecule has 144 valence electrons. The van der Waals surface area contributed by atoms with Crippen LogP contribution < -0.4 is 10.1 Å². The average molecular weight is 361 g/mol. The second-order valence-corrected chi connectivity index (χ2v) is 6.47. The van der Waals surface area contributed by atoms with E-state index in [1.54, 1.807) is 7.11 Å². The van der Waals surface area contributed by atoms with Gasteiger partial charge in [-0.2, -0.15) is 0 Å². The van der Waals surface area contributed by atoms with Crippen LogP contribution in [0.5, 0.6) is 5.75 Å². The van der Waals surface area contributed by atoms with Crippen molar-refractivity contribution >= 4 is 11.8 Å². The lowest BCUT2D eigenvalue weighted by Crippen LogP contribution is -2.48. The standard InChI is InChI=1S/C20H31N3O3/c1-4-22(5-2)19(24)11-8-12-20(25)23-14-13-21-15-17(23)16-9-6-7-10-18(16)26-3/h6-7,9-10,17,21H,4-5,8,11-15H2,1-3H3. The van der Waals surface area contributed by atoms with E-state index in [-0.39, 0.29) is 17.9 Å². The van der Waals surface area contributed by atoms with E-state index < -0.39 is 0 Å². The number of carbonyl (C=O) groups is 2. The summed E-state index contributed by atoms with van der Waals surface area (Å²) in [6.07, 6.45) is 1.42. The van der Waals surface area contributed by atoms with Crippen LogP contribution in [0.15, 0.2) is 24.3 Å². The maximum Gasteiger partial charge on any atom is 0.223 e.